The van der Waals surface area contributed by atoms with Gasteiger partial charge in [0.2, 0.25) is 0 Å². The lowest BCUT2D eigenvalue weighted by Gasteiger charge is -2.04. The molecule has 0 heterocycles. The molecule has 1 aromatic rings. The molecule has 0 unspecified atom stereocenters. The van der Waals surface area contributed by atoms with Gasteiger partial charge >= 0.3 is 0 Å². The molecule has 0 bridgehead atoms. The summed E-state index contributed by atoms with van der Waals surface area (Å²) in [5.41, 5.74) is 6.13. The van der Waals surface area contributed by atoms with Crippen LogP contribution in [0.5, 0.6) is 0 Å². The summed E-state index contributed by atoms with van der Waals surface area (Å²) in [5, 5.41) is 7.76. The SMILES string of the molecule is N=C(N)Cc1c(Cl)cccc1Br. The van der Waals surface area contributed by atoms with Crippen LogP contribution in [0.15, 0.2) is 22.7 Å². The normalized spacial score (nSPS) is 9.83. The molecule has 3 N–H and O–H groups in total. The van der Waals surface area contributed by atoms with Gasteiger partial charge in [-0.1, -0.05) is 33.6 Å². The molecule has 0 aliphatic carbocycles. The van der Waals surface area contributed by atoms with Gasteiger partial charge in [-0.25, -0.2) is 0 Å². The van der Waals surface area contributed by atoms with E-state index in [1.54, 1.807) is 6.07 Å². The minimum atomic E-state index is 0.115. The molecule has 0 saturated heterocycles. The van der Waals surface area contributed by atoms with Crippen molar-refractivity contribution in [2.45, 2.75) is 6.42 Å². The molecule has 0 aliphatic rings. The van der Waals surface area contributed by atoms with E-state index in [0.717, 1.165) is 10.0 Å². The highest BCUT2D eigenvalue weighted by Crippen LogP contribution is 2.24. The fraction of sp³-hybridized carbons (Fsp3) is 0.125. The van der Waals surface area contributed by atoms with Crippen molar-refractivity contribution >= 4 is 33.4 Å². The molecule has 0 saturated carbocycles. The van der Waals surface area contributed by atoms with Crippen molar-refractivity contribution in [1.29, 1.82) is 5.41 Å². The second-order valence-electron chi connectivity index (χ2n) is 2.40. The Bertz CT molecular complexity index is 292. The van der Waals surface area contributed by atoms with Crippen molar-refractivity contribution in [2.24, 2.45) is 5.73 Å². The van der Waals surface area contributed by atoms with Crippen molar-refractivity contribution in [3.63, 3.8) is 0 Å². The first-order valence-corrected chi connectivity index (χ1v) is 4.54. The summed E-state index contributed by atoms with van der Waals surface area (Å²) in [5.74, 6) is 0.115. The van der Waals surface area contributed by atoms with Gasteiger partial charge in [0.1, 0.15) is 0 Å². The second-order valence-corrected chi connectivity index (χ2v) is 3.66. The average molecular weight is 248 g/mol. The van der Waals surface area contributed by atoms with Crippen LogP contribution in [0.25, 0.3) is 0 Å². The van der Waals surface area contributed by atoms with Crippen LogP contribution in [0, 0.1) is 5.41 Å². The highest BCUT2D eigenvalue weighted by molar-refractivity contribution is 9.10. The molecule has 1 aromatic carbocycles. The number of halogens is 2. The highest BCUT2D eigenvalue weighted by Gasteiger charge is 2.05. The summed E-state index contributed by atoms with van der Waals surface area (Å²) in [7, 11) is 0. The number of benzene rings is 1. The summed E-state index contributed by atoms with van der Waals surface area (Å²) in [6.45, 7) is 0. The van der Waals surface area contributed by atoms with Gasteiger partial charge in [0.05, 0.1) is 5.84 Å². The number of hydrogen-bond acceptors (Lipinski definition) is 1. The third-order valence-corrected chi connectivity index (χ3v) is 2.53. The Morgan fingerprint density at radius 1 is 1.58 bits per heavy atom. The molecule has 12 heavy (non-hydrogen) atoms. The van der Waals surface area contributed by atoms with Crippen molar-refractivity contribution in [1.82, 2.24) is 0 Å². The highest BCUT2D eigenvalue weighted by atomic mass is 79.9. The first kappa shape index (κ1) is 9.55. The Hall–Kier alpha value is -0.540. The van der Waals surface area contributed by atoms with Crippen LogP contribution in [-0.2, 0) is 6.42 Å². The van der Waals surface area contributed by atoms with Gasteiger partial charge in [-0.05, 0) is 17.7 Å². The molecule has 0 aliphatic heterocycles. The predicted molar refractivity (Wildman–Crippen MR) is 54.8 cm³/mol. The topological polar surface area (TPSA) is 49.9 Å². The zero-order valence-electron chi connectivity index (χ0n) is 6.27. The quantitative estimate of drug-likeness (QED) is 0.612. The molecule has 0 atom stereocenters. The number of amidine groups is 1. The van der Waals surface area contributed by atoms with E-state index in [4.69, 9.17) is 22.7 Å². The standard InChI is InChI=1S/C8H8BrClN2/c9-6-2-1-3-7(10)5(6)4-8(11)12/h1-3H,4H2,(H3,11,12). The lowest BCUT2D eigenvalue weighted by atomic mass is 10.1. The minimum absolute atomic E-state index is 0.115. The fourth-order valence-electron chi connectivity index (χ4n) is 0.892. The summed E-state index contributed by atoms with van der Waals surface area (Å²) in [4.78, 5) is 0. The van der Waals surface area contributed by atoms with E-state index in [1.165, 1.54) is 0 Å². The third-order valence-electron chi connectivity index (χ3n) is 1.43. The Morgan fingerprint density at radius 2 is 2.25 bits per heavy atom. The van der Waals surface area contributed by atoms with Crippen LogP contribution < -0.4 is 5.73 Å². The molecule has 1 rings (SSSR count). The van der Waals surface area contributed by atoms with E-state index < -0.39 is 0 Å². The molecule has 0 amide bonds. The zero-order chi connectivity index (χ0) is 9.14. The first-order valence-electron chi connectivity index (χ1n) is 3.37. The number of hydrogen-bond donors (Lipinski definition) is 2. The molecule has 0 fully saturated rings. The lowest BCUT2D eigenvalue weighted by Crippen LogP contribution is -2.13. The molecule has 0 radical (unpaired) electrons. The summed E-state index contributed by atoms with van der Waals surface area (Å²) >= 11 is 9.23. The largest absolute Gasteiger partial charge is 0.387 e. The monoisotopic (exact) mass is 246 g/mol. The summed E-state index contributed by atoms with van der Waals surface area (Å²) in [6.07, 6.45) is 0.389. The molecule has 2 nitrogen and oxygen atoms in total. The van der Waals surface area contributed by atoms with E-state index >= 15 is 0 Å². The average Bonchev–Trinajstić information content (AvgIpc) is 1.97. The van der Waals surface area contributed by atoms with E-state index in [2.05, 4.69) is 15.9 Å². The Kier molecular flexibility index (Phi) is 3.12. The molecule has 4 heteroatoms. The van der Waals surface area contributed by atoms with Crippen LogP contribution in [0.1, 0.15) is 5.56 Å². The van der Waals surface area contributed by atoms with Gasteiger partial charge in [0.25, 0.3) is 0 Å². The number of nitrogens with two attached hydrogens (primary N) is 1. The molecule has 0 spiro atoms. The smallest absolute Gasteiger partial charge is 0.0951 e. The fourth-order valence-corrected chi connectivity index (χ4v) is 1.75. The van der Waals surface area contributed by atoms with Gasteiger partial charge in [-0.2, -0.15) is 0 Å². The maximum Gasteiger partial charge on any atom is 0.0951 e. The van der Waals surface area contributed by atoms with Crippen molar-refractivity contribution in [2.75, 3.05) is 0 Å². The van der Waals surface area contributed by atoms with E-state index in [1.807, 2.05) is 12.1 Å². The second kappa shape index (κ2) is 3.92. The van der Waals surface area contributed by atoms with Gasteiger partial charge in [-0.15, -0.1) is 0 Å². The van der Waals surface area contributed by atoms with Gasteiger partial charge < -0.3 is 5.73 Å². The maximum absolute atomic E-state index is 7.12. The van der Waals surface area contributed by atoms with Crippen molar-refractivity contribution < 1.29 is 0 Å². The third kappa shape index (κ3) is 2.22. The molecular formula is C8H8BrClN2. The van der Waals surface area contributed by atoms with Gasteiger partial charge in [0, 0.05) is 15.9 Å². The van der Waals surface area contributed by atoms with Gasteiger partial charge in [-0.3, -0.25) is 5.41 Å². The van der Waals surface area contributed by atoms with Crippen LogP contribution in [0.4, 0.5) is 0 Å². The van der Waals surface area contributed by atoms with Crippen LogP contribution in [0.2, 0.25) is 5.02 Å². The minimum Gasteiger partial charge on any atom is -0.387 e. The Labute approximate surface area is 84.4 Å². The first-order chi connectivity index (χ1) is 5.61. The van der Waals surface area contributed by atoms with E-state index in [9.17, 15) is 0 Å². The molecule has 0 aromatic heterocycles. The number of nitrogens with one attached hydrogen (secondary N) is 1. The molecule has 64 valence electrons. The Balaban J connectivity index is 3.04. The van der Waals surface area contributed by atoms with Crippen LogP contribution in [0.3, 0.4) is 0 Å². The van der Waals surface area contributed by atoms with Crippen LogP contribution in [-0.4, -0.2) is 5.84 Å². The number of rotatable bonds is 2. The summed E-state index contributed by atoms with van der Waals surface area (Å²) in [6, 6.07) is 5.50. The van der Waals surface area contributed by atoms with Crippen LogP contribution >= 0.6 is 27.5 Å². The van der Waals surface area contributed by atoms with Crippen molar-refractivity contribution in [3.8, 4) is 0 Å². The maximum atomic E-state index is 7.12. The lowest BCUT2D eigenvalue weighted by molar-refractivity contribution is 1.23. The van der Waals surface area contributed by atoms with Crippen molar-refractivity contribution in [3.05, 3.63) is 33.3 Å². The Morgan fingerprint density at radius 3 is 2.75 bits per heavy atom. The molecular weight excluding hydrogens is 239 g/mol. The predicted octanol–water partition coefficient (Wildman–Crippen LogP) is 2.58. The van der Waals surface area contributed by atoms with E-state index in [0.29, 0.717) is 11.4 Å². The summed E-state index contributed by atoms with van der Waals surface area (Å²) < 4.78 is 0.894. The van der Waals surface area contributed by atoms with Gasteiger partial charge in [0.15, 0.2) is 0 Å². The van der Waals surface area contributed by atoms with E-state index in [-0.39, 0.29) is 5.84 Å². The zero-order valence-corrected chi connectivity index (χ0v) is 8.61.